The largest absolute Gasteiger partial charge is 0.131 e. The second-order valence-corrected chi connectivity index (χ2v) is 25.0. The van der Waals surface area contributed by atoms with Crippen molar-refractivity contribution in [2.45, 2.75) is 86.3 Å². The fourth-order valence-electron chi connectivity index (χ4n) is 9.86. The van der Waals surface area contributed by atoms with E-state index in [1.807, 2.05) is 0 Å². The fraction of sp³-hybridized carbons (Fsp3) is 0.308. The van der Waals surface area contributed by atoms with Crippen LogP contribution in [-0.2, 0) is 15.5 Å². The third-order valence-electron chi connectivity index (χ3n) is 13.6. The summed E-state index contributed by atoms with van der Waals surface area (Å²) in [4.78, 5) is 0. The van der Waals surface area contributed by atoms with Gasteiger partial charge in [-0.3, -0.25) is 0 Å². The predicted molar refractivity (Wildman–Crippen MR) is 278 cm³/mol. The Hall–Kier alpha value is -2.10. The third kappa shape index (κ3) is 8.17. The number of hydrogen-bond donors (Lipinski definition) is 0. The predicted octanol–water partition coefficient (Wildman–Crippen LogP) is 14.4. The molecule has 0 aromatic heterocycles. The standard InChI is InChI=1S/C41H39P3.C11H27P3/c1-38(39(42,32-20-8-2-9-21-32)33-22-10-3-11-23-33,40(43,34-24-12-4-13-25-34)35-26-14-5-15-27-35)41(44,36-28-16-6-17-29-36)37-30-18-7-19-31-37;1-8(2,12)11(7,9(3,4)13)10(5,6)14/h2-31H,42-44H2,1H3;12-14H2,1-7H3. The molecule has 0 heterocycles. The van der Waals surface area contributed by atoms with E-state index >= 15 is 0 Å². The highest BCUT2D eigenvalue weighted by atomic mass is 31.0. The van der Waals surface area contributed by atoms with Crippen molar-refractivity contribution in [3.63, 3.8) is 0 Å². The SMILES string of the molecule is CC(C(P)(c1ccccc1)c1ccccc1)(C(P)(c1ccccc1)c1ccccc1)C(P)(c1ccccc1)c1ccccc1.CC(C)(P)C(C)(C(C)(C)P)C(C)(C)P. The Morgan fingerprint density at radius 3 is 0.466 bits per heavy atom. The van der Waals surface area contributed by atoms with Crippen LogP contribution in [0.3, 0.4) is 0 Å². The molecule has 0 bridgehead atoms. The fourth-order valence-corrected chi connectivity index (χ4v) is 15.6. The van der Waals surface area contributed by atoms with Crippen LogP contribution in [0.25, 0.3) is 0 Å². The van der Waals surface area contributed by atoms with Gasteiger partial charge in [-0.1, -0.05) is 237 Å². The zero-order valence-electron chi connectivity index (χ0n) is 35.8. The van der Waals surface area contributed by atoms with E-state index in [0.717, 1.165) is 0 Å². The van der Waals surface area contributed by atoms with Gasteiger partial charge in [-0.2, -0.15) is 0 Å². The maximum absolute atomic E-state index is 3.44. The minimum Gasteiger partial charge on any atom is -0.131 e. The van der Waals surface area contributed by atoms with Crippen molar-refractivity contribution in [1.82, 2.24) is 0 Å². The summed E-state index contributed by atoms with van der Waals surface area (Å²) >= 11 is 0. The van der Waals surface area contributed by atoms with E-state index in [2.05, 4.69) is 293 Å². The lowest BCUT2D eigenvalue weighted by Gasteiger charge is -2.65. The monoisotopic (exact) mass is 876 g/mol. The van der Waals surface area contributed by atoms with Gasteiger partial charge in [0.1, 0.15) is 0 Å². The Kier molecular flexibility index (Phi) is 14.6. The normalized spacial score (nSPS) is 13.3. The average molecular weight is 877 g/mol. The molecule has 0 aliphatic rings. The average Bonchev–Trinajstić information content (AvgIpc) is 3.23. The van der Waals surface area contributed by atoms with Crippen LogP contribution in [0.2, 0.25) is 0 Å². The summed E-state index contributed by atoms with van der Waals surface area (Å²) in [6.45, 7) is 18.7. The molecule has 6 unspecified atom stereocenters. The van der Waals surface area contributed by atoms with E-state index in [9.17, 15) is 0 Å². The highest BCUT2D eigenvalue weighted by molar-refractivity contribution is 7.23. The quantitative estimate of drug-likeness (QED) is 0.107. The molecule has 6 rings (SSSR count). The van der Waals surface area contributed by atoms with Gasteiger partial charge in [0.05, 0.1) is 0 Å². The van der Waals surface area contributed by atoms with Crippen molar-refractivity contribution in [2.75, 3.05) is 0 Å². The van der Waals surface area contributed by atoms with Crippen LogP contribution in [0.15, 0.2) is 182 Å². The van der Waals surface area contributed by atoms with Gasteiger partial charge in [0, 0.05) is 20.9 Å². The Morgan fingerprint density at radius 1 is 0.224 bits per heavy atom. The highest BCUT2D eigenvalue weighted by Crippen LogP contribution is 2.74. The van der Waals surface area contributed by atoms with Gasteiger partial charge in [0.2, 0.25) is 0 Å². The lowest BCUT2D eigenvalue weighted by Crippen LogP contribution is -2.62. The molecule has 6 atom stereocenters. The lowest BCUT2D eigenvalue weighted by molar-refractivity contribution is 0.139. The van der Waals surface area contributed by atoms with Crippen LogP contribution >= 0.6 is 55.4 Å². The summed E-state index contributed by atoms with van der Waals surface area (Å²) < 4.78 is 0. The molecule has 0 spiro atoms. The third-order valence-corrected chi connectivity index (χ3v) is 19.1. The van der Waals surface area contributed by atoms with Gasteiger partial charge in [-0.25, -0.2) is 0 Å². The van der Waals surface area contributed by atoms with Gasteiger partial charge >= 0.3 is 0 Å². The van der Waals surface area contributed by atoms with E-state index < -0.39 is 20.9 Å². The van der Waals surface area contributed by atoms with Gasteiger partial charge in [-0.05, 0) is 54.3 Å². The zero-order chi connectivity index (χ0) is 42.7. The van der Waals surface area contributed by atoms with Crippen LogP contribution in [0.4, 0.5) is 0 Å². The first kappa shape index (κ1) is 47.0. The molecule has 0 radical (unpaired) electrons. The van der Waals surface area contributed by atoms with E-state index in [1.54, 1.807) is 0 Å². The molecule has 304 valence electrons. The van der Waals surface area contributed by atoms with Crippen molar-refractivity contribution in [2.24, 2.45) is 10.8 Å². The van der Waals surface area contributed by atoms with Gasteiger partial charge in [0.15, 0.2) is 0 Å². The van der Waals surface area contributed by atoms with Crippen LogP contribution in [0.1, 0.15) is 88.8 Å². The van der Waals surface area contributed by atoms with Gasteiger partial charge in [0.25, 0.3) is 0 Å². The van der Waals surface area contributed by atoms with Gasteiger partial charge < -0.3 is 0 Å². The summed E-state index contributed by atoms with van der Waals surface area (Å²) in [5.74, 6) is 0. The first-order valence-corrected chi connectivity index (χ1v) is 23.7. The molecule has 6 aromatic rings. The second-order valence-electron chi connectivity index (χ2n) is 18.0. The van der Waals surface area contributed by atoms with Crippen LogP contribution < -0.4 is 0 Å². The first-order valence-electron chi connectivity index (χ1n) is 20.2. The molecule has 6 heteroatoms. The van der Waals surface area contributed by atoms with Crippen molar-refractivity contribution in [3.05, 3.63) is 215 Å². The number of benzene rings is 6. The smallest absolute Gasteiger partial charge is 0.0427 e. The van der Waals surface area contributed by atoms with Crippen molar-refractivity contribution in [3.8, 4) is 0 Å². The van der Waals surface area contributed by atoms with Gasteiger partial charge in [-0.15, -0.1) is 55.4 Å². The molecule has 0 aliphatic heterocycles. The highest BCUT2D eigenvalue weighted by Gasteiger charge is 2.68. The summed E-state index contributed by atoms with van der Waals surface area (Å²) in [6, 6.07) is 66.2. The summed E-state index contributed by atoms with van der Waals surface area (Å²) in [5, 5.41) is -1.21. The Bertz CT molecular complexity index is 1800. The molecule has 0 nitrogen and oxygen atoms in total. The van der Waals surface area contributed by atoms with Crippen molar-refractivity contribution in [1.29, 1.82) is 0 Å². The molecule has 0 saturated carbocycles. The molecule has 0 aliphatic carbocycles. The van der Waals surface area contributed by atoms with Crippen LogP contribution in [0, 0.1) is 10.8 Å². The van der Waals surface area contributed by atoms with Crippen LogP contribution in [-0.4, -0.2) is 15.5 Å². The maximum atomic E-state index is 3.44. The number of hydrogen-bond acceptors (Lipinski definition) is 0. The molecule has 0 fully saturated rings. The lowest BCUT2D eigenvalue weighted by atomic mass is 9.50. The Labute approximate surface area is 366 Å². The molecule has 0 saturated heterocycles. The van der Waals surface area contributed by atoms with E-state index in [0.29, 0.717) is 0 Å². The first-order chi connectivity index (χ1) is 27.1. The zero-order valence-corrected chi connectivity index (χ0v) is 42.7. The minimum atomic E-state index is -0.624. The van der Waals surface area contributed by atoms with E-state index in [1.165, 1.54) is 33.4 Å². The Morgan fingerprint density at radius 2 is 0.362 bits per heavy atom. The summed E-state index contributed by atoms with van der Waals surface area (Å²) in [7, 11) is 19.3. The number of rotatable bonds is 12. The topological polar surface area (TPSA) is 0 Å². The molecule has 0 amide bonds. The summed E-state index contributed by atoms with van der Waals surface area (Å²) in [5.41, 5.74) is 6.97. The molecule has 58 heavy (non-hydrogen) atoms. The van der Waals surface area contributed by atoms with Crippen molar-refractivity contribution >= 4 is 55.4 Å². The summed E-state index contributed by atoms with van der Waals surface area (Å²) in [6.07, 6.45) is 0. The van der Waals surface area contributed by atoms with Crippen LogP contribution in [0.5, 0.6) is 0 Å². The molecule has 6 aromatic carbocycles. The minimum absolute atomic E-state index is 0.198. The maximum Gasteiger partial charge on any atom is 0.0427 e. The molecular weight excluding hydrogens is 810 g/mol. The van der Waals surface area contributed by atoms with E-state index in [-0.39, 0.29) is 20.9 Å². The van der Waals surface area contributed by atoms with E-state index in [4.69, 9.17) is 0 Å². The second kappa shape index (κ2) is 18.1. The Balaban J connectivity index is 0.000000392. The van der Waals surface area contributed by atoms with Crippen molar-refractivity contribution < 1.29 is 0 Å². The molecule has 0 N–H and O–H groups in total. The molecular formula is C52H66P6.